The number of carbonyl (C=O) groups excluding carboxylic acids is 1. The molecular formula is C24H27Cl2N3O. The van der Waals surface area contributed by atoms with Crippen LogP contribution in [-0.4, -0.2) is 40.5 Å². The van der Waals surface area contributed by atoms with Crippen LogP contribution in [0.3, 0.4) is 0 Å². The van der Waals surface area contributed by atoms with Crippen LogP contribution in [0.1, 0.15) is 42.7 Å². The zero-order chi connectivity index (χ0) is 21.3. The molecule has 2 heterocycles. The number of nitrogens with one attached hydrogen (secondary N) is 1. The second-order valence-electron chi connectivity index (χ2n) is 8.34. The van der Waals surface area contributed by atoms with Crippen LogP contribution in [0.2, 0.25) is 10.0 Å². The second-order valence-corrected chi connectivity index (χ2v) is 9.21. The fourth-order valence-electron chi connectivity index (χ4n) is 4.33. The van der Waals surface area contributed by atoms with Gasteiger partial charge in [0.15, 0.2) is 0 Å². The third kappa shape index (κ3) is 4.66. The number of hydrogen-bond donors (Lipinski definition) is 1. The fourth-order valence-corrected chi connectivity index (χ4v) is 4.90. The molecule has 0 aliphatic carbocycles. The Morgan fingerprint density at radius 2 is 1.73 bits per heavy atom. The highest BCUT2D eigenvalue weighted by atomic mass is 35.5. The molecule has 6 heteroatoms. The molecule has 1 amide bonds. The minimum atomic E-state index is 0.0855. The number of likely N-dealkylation sites (tertiary alicyclic amines) is 1. The van der Waals surface area contributed by atoms with E-state index in [1.807, 2.05) is 41.3 Å². The first-order valence-electron chi connectivity index (χ1n) is 10.5. The largest absolute Gasteiger partial charge is 0.337 e. The highest BCUT2D eigenvalue weighted by Crippen LogP contribution is 2.26. The van der Waals surface area contributed by atoms with E-state index in [4.69, 9.17) is 23.2 Å². The molecule has 1 aliphatic heterocycles. The standard InChI is InChI=1S/C24H27Cl2N3O/c1-16(2)27-21-7-9-28(10-8-21)24(30)23-13-18-5-3-4-6-22(18)29(23)15-17-11-19(25)14-20(26)12-17/h3-6,11-14,16,21,27H,7-10,15H2,1-2H3. The molecule has 1 aliphatic rings. The van der Waals surface area contributed by atoms with Crippen molar-refractivity contribution in [1.82, 2.24) is 14.8 Å². The quantitative estimate of drug-likeness (QED) is 0.556. The van der Waals surface area contributed by atoms with E-state index in [0.29, 0.717) is 34.4 Å². The van der Waals surface area contributed by atoms with E-state index < -0.39 is 0 Å². The molecule has 0 bridgehead atoms. The summed E-state index contributed by atoms with van der Waals surface area (Å²) in [5, 5.41) is 5.85. The first-order chi connectivity index (χ1) is 14.4. The van der Waals surface area contributed by atoms with Gasteiger partial charge in [-0.05, 0) is 48.7 Å². The van der Waals surface area contributed by atoms with Gasteiger partial charge in [0, 0.05) is 52.7 Å². The highest BCUT2D eigenvalue weighted by Gasteiger charge is 2.26. The third-order valence-electron chi connectivity index (χ3n) is 5.64. The van der Waals surface area contributed by atoms with Crippen molar-refractivity contribution < 1.29 is 4.79 Å². The molecule has 3 aromatic rings. The van der Waals surface area contributed by atoms with Gasteiger partial charge in [-0.3, -0.25) is 4.79 Å². The van der Waals surface area contributed by atoms with Crippen molar-refractivity contribution in [2.45, 2.75) is 45.3 Å². The number of halogens is 2. The molecule has 4 nitrogen and oxygen atoms in total. The van der Waals surface area contributed by atoms with Crippen LogP contribution in [0.5, 0.6) is 0 Å². The van der Waals surface area contributed by atoms with Gasteiger partial charge in [-0.25, -0.2) is 0 Å². The molecule has 0 atom stereocenters. The SMILES string of the molecule is CC(C)NC1CCN(C(=O)c2cc3ccccc3n2Cc2cc(Cl)cc(Cl)c2)CC1. The molecule has 0 spiro atoms. The smallest absolute Gasteiger partial charge is 0.270 e. The summed E-state index contributed by atoms with van der Waals surface area (Å²) in [6.07, 6.45) is 1.96. The zero-order valence-electron chi connectivity index (χ0n) is 17.4. The maximum Gasteiger partial charge on any atom is 0.270 e. The van der Waals surface area contributed by atoms with Crippen molar-refractivity contribution in [2.24, 2.45) is 0 Å². The van der Waals surface area contributed by atoms with Crippen molar-refractivity contribution in [2.75, 3.05) is 13.1 Å². The van der Waals surface area contributed by atoms with E-state index >= 15 is 0 Å². The lowest BCUT2D eigenvalue weighted by Crippen LogP contribution is -2.47. The van der Waals surface area contributed by atoms with E-state index in [0.717, 1.165) is 42.4 Å². The first kappa shape index (κ1) is 21.2. The average Bonchev–Trinajstić information content (AvgIpc) is 3.05. The third-order valence-corrected chi connectivity index (χ3v) is 6.08. The Labute approximate surface area is 187 Å². The Hall–Kier alpha value is -2.01. The van der Waals surface area contributed by atoms with E-state index in [1.54, 1.807) is 6.07 Å². The number of amides is 1. The number of piperidine rings is 1. The zero-order valence-corrected chi connectivity index (χ0v) is 18.9. The lowest BCUT2D eigenvalue weighted by molar-refractivity contribution is 0.0693. The molecular weight excluding hydrogens is 417 g/mol. The molecule has 1 N–H and O–H groups in total. The van der Waals surface area contributed by atoms with E-state index in [1.165, 1.54) is 0 Å². The molecule has 1 fully saturated rings. The predicted molar refractivity (Wildman–Crippen MR) is 125 cm³/mol. The molecule has 1 saturated heterocycles. The molecule has 30 heavy (non-hydrogen) atoms. The monoisotopic (exact) mass is 443 g/mol. The Morgan fingerprint density at radius 3 is 2.40 bits per heavy atom. The number of benzene rings is 2. The first-order valence-corrected chi connectivity index (χ1v) is 11.2. The molecule has 1 aromatic heterocycles. The molecule has 0 radical (unpaired) electrons. The van der Waals surface area contributed by atoms with Gasteiger partial charge in [0.1, 0.15) is 5.69 Å². The number of nitrogens with zero attached hydrogens (tertiary/aromatic N) is 2. The van der Waals surface area contributed by atoms with Gasteiger partial charge in [0.05, 0.1) is 0 Å². The summed E-state index contributed by atoms with van der Waals surface area (Å²) in [6.45, 7) is 6.41. The molecule has 2 aromatic carbocycles. The number of hydrogen-bond acceptors (Lipinski definition) is 2. The van der Waals surface area contributed by atoms with Crippen LogP contribution in [0.25, 0.3) is 10.9 Å². The van der Waals surface area contributed by atoms with Crippen LogP contribution in [0, 0.1) is 0 Å². The Kier molecular flexibility index (Phi) is 6.37. The van der Waals surface area contributed by atoms with Gasteiger partial charge in [0.2, 0.25) is 0 Å². The van der Waals surface area contributed by atoms with Crippen LogP contribution in [0.15, 0.2) is 48.5 Å². The molecule has 158 valence electrons. The lowest BCUT2D eigenvalue weighted by Gasteiger charge is -2.33. The van der Waals surface area contributed by atoms with Crippen LogP contribution in [0.4, 0.5) is 0 Å². The van der Waals surface area contributed by atoms with Crippen molar-refractivity contribution in [3.05, 3.63) is 69.8 Å². The van der Waals surface area contributed by atoms with Crippen molar-refractivity contribution in [3.8, 4) is 0 Å². The van der Waals surface area contributed by atoms with Gasteiger partial charge in [-0.15, -0.1) is 0 Å². The minimum Gasteiger partial charge on any atom is -0.337 e. The summed E-state index contributed by atoms with van der Waals surface area (Å²) in [4.78, 5) is 15.5. The minimum absolute atomic E-state index is 0.0855. The summed E-state index contributed by atoms with van der Waals surface area (Å²) >= 11 is 12.4. The van der Waals surface area contributed by atoms with E-state index in [2.05, 4.69) is 29.8 Å². The van der Waals surface area contributed by atoms with Crippen LogP contribution in [-0.2, 0) is 6.54 Å². The highest BCUT2D eigenvalue weighted by molar-refractivity contribution is 6.34. The second kappa shape index (κ2) is 9.01. The lowest BCUT2D eigenvalue weighted by atomic mass is 10.0. The molecule has 0 saturated carbocycles. The van der Waals surface area contributed by atoms with Crippen molar-refractivity contribution in [3.63, 3.8) is 0 Å². The topological polar surface area (TPSA) is 37.3 Å². The van der Waals surface area contributed by atoms with Gasteiger partial charge in [0.25, 0.3) is 5.91 Å². The number of rotatable bonds is 5. The maximum atomic E-state index is 13.5. The summed E-state index contributed by atoms with van der Waals surface area (Å²) in [5.74, 6) is 0.0855. The normalized spacial score (nSPS) is 15.3. The van der Waals surface area contributed by atoms with Gasteiger partial charge in [-0.2, -0.15) is 0 Å². The number of aromatic nitrogens is 1. The molecule has 4 rings (SSSR count). The van der Waals surface area contributed by atoms with E-state index in [-0.39, 0.29) is 5.91 Å². The summed E-state index contributed by atoms with van der Waals surface area (Å²) in [6, 6.07) is 16.6. The summed E-state index contributed by atoms with van der Waals surface area (Å²) in [7, 11) is 0. The maximum absolute atomic E-state index is 13.5. The van der Waals surface area contributed by atoms with Crippen LogP contribution < -0.4 is 5.32 Å². The number of fused-ring (bicyclic) bond motifs is 1. The fraction of sp³-hybridized carbons (Fsp3) is 0.375. The van der Waals surface area contributed by atoms with Crippen LogP contribution >= 0.6 is 23.2 Å². The predicted octanol–water partition coefficient (Wildman–Crippen LogP) is 5.60. The van der Waals surface area contributed by atoms with Crippen molar-refractivity contribution in [1.29, 1.82) is 0 Å². The summed E-state index contributed by atoms with van der Waals surface area (Å²) < 4.78 is 2.08. The Bertz CT molecular complexity index is 1030. The number of carbonyl (C=O) groups is 1. The number of para-hydroxylation sites is 1. The summed E-state index contributed by atoms with van der Waals surface area (Å²) in [5.41, 5.74) is 2.72. The molecule has 0 unspecified atom stereocenters. The van der Waals surface area contributed by atoms with E-state index in [9.17, 15) is 4.79 Å². The Morgan fingerprint density at radius 1 is 1.07 bits per heavy atom. The average molecular weight is 444 g/mol. The van der Waals surface area contributed by atoms with Gasteiger partial charge in [-0.1, -0.05) is 55.2 Å². The van der Waals surface area contributed by atoms with Gasteiger partial charge >= 0.3 is 0 Å². The Balaban J connectivity index is 1.62. The van der Waals surface area contributed by atoms with Crippen molar-refractivity contribution >= 4 is 40.0 Å². The van der Waals surface area contributed by atoms with Gasteiger partial charge < -0.3 is 14.8 Å².